The molecule has 0 saturated heterocycles. The second-order valence-electron chi connectivity index (χ2n) is 5.02. The summed E-state index contributed by atoms with van der Waals surface area (Å²) in [6.45, 7) is 4.28. The van der Waals surface area contributed by atoms with Crippen LogP contribution in [0.15, 0.2) is 54.6 Å². The number of aryl methyl sites for hydroxylation is 2. The van der Waals surface area contributed by atoms with E-state index in [4.69, 9.17) is 0 Å². The molecule has 0 atom stereocenters. The van der Waals surface area contributed by atoms with Crippen LogP contribution in [0.4, 0.5) is 11.5 Å². The summed E-state index contributed by atoms with van der Waals surface area (Å²) in [5, 5.41) is 4.58. The topological polar surface area (TPSA) is 24.9 Å². The number of rotatable bonds is 3. The molecule has 2 nitrogen and oxygen atoms in total. The molecule has 0 aliphatic rings. The average Bonchev–Trinajstić information content (AvgIpc) is 2.48. The fourth-order valence-corrected chi connectivity index (χ4v) is 2.39. The number of pyridine rings is 1. The minimum absolute atomic E-state index is 0.894. The van der Waals surface area contributed by atoms with Gasteiger partial charge in [0.2, 0.25) is 0 Å². The molecule has 0 unspecified atom stereocenters. The van der Waals surface area contributed by atoms with E-state index in [9.17, 15) is 0 Å². The number of fused-ring (bicyclic) bond motifs is 1. The van der Waals surface area contributed by atoms with Crippen LogP contribution in [0.3, 0.4) is 0 Å². The highest BCUT2D eigenvalue weighted by molar-refractivity contribution is 5.84. The fourth-order valence-electron chi connectivity index (χ4n) is 2.39. The van der Waals surface area contributed by atoms with Crippen molar-refractivity contribution in [3.8, 4) is 0 Å². The number of nitrogens with one attached hydrogen (secondary N) is 1. The summed E-state index contributed by atoms with van der Waals surface area (Å²) in [5.41, 5.74) is 4.69. The molecule has 1 aromatic heterocycles. The Morgan fingerprint density at radius 1 is 1.00 bits per heavy atom. The van der Waals surface area contributed by atoms with Crippen LogP contribution < -0.4 is 5.32 Å². The average molecular weight is 262 g/mol. The number of aromatic nitrogens is 1. The van der Waals surface area contributed by atoms with E-state index in [1.54, 1.807) is 0 Å². The van der Waals surface area contributed by atoms with Crippen LogP contribution in [0.25, 0.3) is 10.9 Å². The Hall–Kier alpha value is -2.35. The quantitative estimate of drug-likeness (QED) is 0.730. The Kier molecular flexibility index (Phi) is 3.38. The molecule has 0 bridgehead atoms. The zero-order chi connectivity index (χ0) is 13.9. The van der Waals surface area contributed by atoms with Gasteiger partial charge in [-0.05, 0) is 48.7 Å². The van der Waals surface area contributed by atoms with E-state index in [1.807, 2.05) is 18.2 Å². The number of benzene rings is 2. The molecule has 3 aromatic rings. The van der Waals surface area contributed by atoms with E-state index in [2.05, 4.69) is 60.5 Å². The molecule has 100 valence electrons. The van der Waals surface area contributed by atoms with Crippen molar-refractivity contribution in [2.24, 2.45) is 0 Å². The monoisotopic (exact) mass is 262 g/mol. The van der Waals surface area contributed by atoms with Gasteiger partial charge in [0.1, 0.15) is 5.82 Å². The predicted octanol–water partition coefficient (Wildman–Crippen LogP) is 4.85. The lowest BCUT2D eigenvalue weighted by molar-refractivity contribution is 1.14. The zero-order valence-electron chi connectivity index (χ0n) is 11.9. The Morgan fingerprint density at radius 2 is 1.75 bits per heavy atom. The zero-order valence-corrected chi connectivity index (χ0v) is 11.9. The Labute approximate surface area is 119 Å². The standard InChI is InChI=1S/C18H18N2/c1-3-14-8-10-15(11-9-14)19-18-12-13(2)16-6-4-5-7-17(16)20-18/h4-12H,3H2,1-2H3,(H,19,20). The van der Waals surface area contributed by atoms with Crippen LogP contribution >= 0.6 is 0 Å². The van der Waals surface area contributed by atoms with Gasteiger partial charge in [-0.1, -0.05) is 37.3 Å². The minimum atomic E-state index is 0.894. The van der Waals surface area contributed by atoms with Crippen molar-refractivity contribution < 1.29 is 0 Å². The van der Waals surface area contributed by atoms with Gasteiger partial charge in [-0.2, -0.15) is 0 Å². The van der Waals surface area contributed by atoms with Gasteiger partial charge >= 0.3 is 0 Å². The molecule has 2 heteroatoms. The first-order valence-electron chi connectivity index (χ1n) is 6.98. The van der Waals surface area contributed by atoms with Gasteiger partial charge in [0.15, 0.2) is 0 Å². The molecular weight excluding hydrogens is 244 g/mol. The fraction of sp³-hybridized carbons (Fsp3) is 0.167. The summed E-state index contributed by atoms with van der Waals surface area (Å²) in [5.74, 6) is 0.894. The predicted molar refractivity (Wildman–Crippen MR) is 85.6 cm³/mol. The van der Waals surface area contributed by atoms with Gasteiger partial charge in [0, 0.05) is 11.1 Å². The van der Waals surface area contributed by atoms with Crippen LogP contribution in [0.5, 0.6) is 0 Å². The molecule has 0 fully saturated rings. The summed E-state index contributed by atoms with van der Waals surface area (Å²) >= 11 is 0. The van der Waals surface area contributed by atoms with E-state index < -0.39 is 0 Å². The highest BCUT2D eigenvalue weighted by Gasteiger charge is 2.02. The van der Waals surface area contributed by atoms with Crippen molar-refractivity contribution in [2.75, 3.05) is 5.32 Å². The molecule has 0 aliphatic carbocycles. The molecule has 20 heavy (non-hydrogen) atoms. The third-order valence-corrected chi connectivity index (χ3v) is 3.56. The molecule has 0 amide bonds. The summed E-state index contributed by atoms with van der Waals surface area (Å²) in [6, 6.07) is 18.8. The van der Waals surface area contributed by atoms with Crippen LogP contribution in [-0.2, 0) is 6.42 Å². The van der Waals surface area contributed by atoms with Crippen molar-refractivity contribution in [1.29, 1.82) is 0 Å². The van der Waals surface area contributed by atoms with Crippen LogP contribution in [-0.4, -0.2) is 4.98 Å². The van der Waals surface area contributed by atoms with E-state index >= 15 is 0 Å². The molecule has 1 N–H and O–H groups in total. The SMILES string of the molecule is CCc1ccc(Nc2cc(C)c3ccccc3n2)cc1. The second-order valence-corrected chi connectivity index (χ2v) is 5.02. The lowest BCUT2D eigenvalue weighted by atomic mass is 10.1. The Balaban J connectivity index is 1.93. The van der Waals surface area contributed by atoms with E-state index in [-0.39, 0.29) is 0 Å². The second kappa shape index (κ2) is 5.33. The van der Waals surface area contributed by atoms with Gasteiger partial charge in [0.05, 0.1) is 5.52 Å². The molecule has 0 aliphatic heterocycles. The molecular formula is C18H18N2. The molecule has 0 spiro atoms. The normalized spacial score (nSPS) is 10.7. The molecule has 2 aromatic carbocycles. The first kappa shape index (κ1) is 12.7. The number of hydrogen-bond donors (Lipinski definition) is 1. The van der Waals surface area contributed by atoms with E-state index in [1.165, 1.54) is 16.5 Å². The van der Waals surface area contributed by atoms with Gasteiger partial charge < -0.3 is 5.32 Å². The third-order valence-electron chi connectivity index (χ3n) is 3.56. The molecule has 1 heterocycles. The van der Waals surface area contributed by atoms with Gasteiger partial charge in [0.25, 0.3) is 0 Å². The van der Waals surface area contributed by atoms with E-state index in [0.29, 0.717) is 0 Å². The Bertz CT molecular complexity index is 730. The first-order chi connectivity index (χ1) is 9.76. The lowest BCUT2D eigenvalue weighted by Gasteiger charge is -2.09. The maximum absolute atomic E-state index is 4.66. The van der Waals surface area contributed by atoms with Crippen molar-refractivity contribution in [2.45, 2.75) is 20.3 Å². The highest BCUT2D eigenvalue weighted by Crippen LogP contribution is 2.22. The number of hydrogen-bond acceptors (Lipinski definition) is 2. The summed E-state index contributed by atoms with van der Waals surface area (Å²) in [7, 11) is 0. The number of anilines is 2. The maximum Gasteiger partial charge on any atom is 0.131 e. The lowest BCUT2D eigenvalue weighted by Crippen LogP contribution is -1.95. The van der Waals surface area contributed by atoms with Crippen LogP contribution in [0.2, 0.25) is 0 Å². The van der Waals surface area contributed by atoms with Crippen LogP contribution in [0.1, 0.15) is 18.1 Å². The molecule has 0 radical (unpaired) electrons. The van der Waals surface area contributed by atoms with Crippen molar-refractivity contribution in [1.82, 2.24) is 4.98 Å². The van der Waals surface area contributed by atoms with Crippen molar-refractivity contribution in [3.05, 3.63) is 65.7 Å². The smallest absolute Gasteiger partial charge is 0.131 e. The molecule has 3 rings (SSSR count). The van der Waals surface area contributed by atoms with Crippen molar-refractivity contribution >= 4 is 22.4 Å². The van der Waals surface area contributed by atoms with Gasteiger partial charge in [-0.25, -0.2) is 4.98 Å². The van der Waals surface area contributed by atoms with Crippen LogP contribution in [0, 0.1) is 6.92 Å². The summed E-state index contributed by atoms with van der Waals surface area (Å²) in [6.07, 6.45) is 1.06. The maximum atomic E-state index is 4.66. The number of nitrogens with zero attached hydrogens (tertiary/aromatic N) is 1. The molecule has 0 saturated carbocycles. The third kappa shape index (κ3) is 2.50. The highest BCUT2D eigenvalue weighted by atomic mass is 15.0. The summed E-state index contributed by atoms with van der Waals surface area (Å²) < 4.78 is 0. The summed E-state index contributed by atoms with van der Waals surface area (Å²) in [4.78, 5) is 4.66. The van der Waals surface area contributed by atoms with E-state index in [0.717, 1.165) is 23.4 Å². The minimum Gasteiger partial charge on any atom is -0.340 e. The first-order valence-corrected chi connectivity index (χ1v) is 6.98. The largest absolute Gasteiger partial charge is 0.340 e. The van der Waals surface area contributed by atoms with Gasteiger partial charge in [-0.15, -0.1) is 0 Å². The van der Waals surface area contributed by atoms with Gasteiger partial charge in [-0.3, -0.25) is 0 Å². The Morgan fingerprint density at radius 3 is 2.50 bits per heavy atom. The number of para-hydroxylation sites is 1. The van der Waals surface area contributed by atoms with Crippen molar-refractivity contribution in [3.63, 3.8) is 0 Å².